The van der Waals surface area contributed by atoms with Crippen LogP contribution in [0.25, 0.3) is 0 Å². The third kappa shape index (κ3) is 4.99. The molecule has 1 fully saturated rings. The SMILES string of the molecule is CN1CC(=O)N2CCC2C(=O)NCc2cccc(c2)Nc2cc(ncn2)Nc2cccc(c2)C1. The highest BCUT2D eigenvalue weighted by Gasteiger charge is 2.37. The molecule has 34 heavy (non-hydrogen) atoms. The highest BCUT2D eigenvalue weighted by Crippen LogP contribution is 2.22. The number of hydrogen-bond donors (Lipinski definition) is 3. The smallest absolute Gasteiger partial charge is 0.243 e. The first-order valence-corrected chi connectivity index (χ1v) is 11.3. The Morgan fingerprint density at radius 2 is 1.56 bits per heavy atom. The summed E-state index contributed by atoms with van der Waals surface area (Å²) in [4.78, 5) is 37.9. The van der Waals surface area contributed by atoms with Crippen LogP contribution in [0.3, 0.4) is 0 Å². The lowest BCUT2D eigenvalue weighted by Crippen LogP contribution is -2.59. The van der Waals surface area contributed by atoms with Crippen molar-refractivity contribution in [3.05, 3.63) is 72.1 Å². The first-order valence-electron chi connectivity index (χ1n) is 11.3. The second kappa shape index (κ2) is 9.48. The summed E-state index contributed by atoms with van der Waals surface area (Å²) in [5, 5.41) is 9.61. The molecular weight excluding hydrogens is 430 g/mol. The zero-order valence-corrected chi connectivity index (χ0v) is 19.0. The molecule has 1 aromatic heterocycles. The van der Waals surface area contributed by atoms with Crippen LogP contribution in [0.15, 0.2) is 60.9 Å². The van der Waals surface area contributed by atoms with Crippen molar-refractivity contribution in [3.63, 3.8) is 0 Å². The molecule has 2 amide bonds. The van der Waals surface area contributed by atoms with Crippen molar-refractivity contribution < 1.29 is 9.59 Å². The number of rotatable bonds is 0. The number of likely N-dealkylation sites (N-methyl/N-ethyl adjacent to an activating group) is 1. The van der Waals surface area contributed by atoms with Crippen molar-refractivity contribution in [1.29, 1.82) is 0 Å². The van der Waals surface area contributed by atoms with Gasteiger partial charge in [-0.1, -0.05) is 24.3 Å². The van der Waals surface area contributed by atoms with Crippen molar-refractivity contribution in [2.45, 2.75) is 25.6 Å². The van der Waals surface area contributed by atoms with Crippen LogP contribution in [-0.4, -0.2) is 57.8 Å². The predicted molar refractivity (Wildman–Crippen MR) is 130 cm³/mol. The Bertz CT molecular complexity index is 1220. The van der Waals surface area contributed by atoms with Crippen LogP contribution < -0.4 is 16.0 Å². The standard InChI is InChI=1S/C25H27N7O2/c1-31-14-18-5-3-7-20(11-18)30-23-12-22(27-16-28-23)29-19-6-2-4-17(10-19)13-26-25(34)21-8-9-32(21)24(33)15-31/h2-7,10-12,16,21H,8-9,13-15H2,1H3,(H,26,34)(H2,27,28,29,30). The van der Waals surface area contributed by atoms with E-state index in [4.69, 9.17) is 0 Å². The Hall–Kier alpha value is -3.98. The van der Waals surface area contributed by atoms with Gasteiger partial charge >= 0.3 is 0 Å². The average molecular weight is 458 g/mol. The molecule has 1 unspecified atom stereocenters. The van der Waals surface area contributed by atoms with Gasteiger partial charge in [0, 0.05) is 37.1 Å². The molecule has 0 aliphatic carbocycles. The number of carbonyl (C=O) groups excluding carboxylic acids is 2. The minimum Gasteiger partial charge on any atom is -0.350 e. The van der Waals surface area contributed by atoms with Gasteiger partial charge in [0.25, 0.3) is 0 Å². The maximum atomic E-state index is 12.8. The Morgan fingerprint density at radius 1 is 0.882 bits per heavy atom. The van der Waals surface area contributed by atoms with Crippen molar-refractivity contribution in [3.8, 4) is 0 Å². The van der Waals surface area contributed by atoms with Gasteiger partial charge in [0.15, 0.2) is 0 Å². The summed E-state index contributed by atoms with van der Waals surface area (Å²) in [5.74, 6) is 1.18. The number of carbonyl (C=O) groups is 2. The van der Waals surface area contributed by atoms with E-state index >= 15 is 0 Å². The fourth-order valence-corrected chi connectivity index (χ4v) is 4.25. The number of nitrogens with one attached hydrogen (secondary N) is 3. The van der Waals surface area contributed by atoms with Crippen LogP contribution in [0.2, 0.25) is 0 Å². The molecule has 3 heterocycles. The van der Waals surface area contributed by atoms with Gasteiger partial charge in [0.2, 0.25) is 11.8 Å². The van der Waals surface area contributed by atoms with E-state index in [-0.39, 0.29) is 18.4 Å². The Kier molecular flexibility index (Phi) is 6.09. The van der Waals surface area contributed by atoms with Gasteiger partial charge in [0.1, 0.15) is 24.0 Å². The summed E-state index contributed by atoms with van der Waals surface area (Å²) in [6.45, 7) is 1.86. The molecule has 174 valence electrons. The third-order valence-corrected chi connectivity index (χ3v) is 6.03. The summed E-state index contributed by atoms with van der Waals surface area (Å²) < 4.78 is 0. The highest BCUT2D eigenvalue weighted by molar-refractivity contribution is 5.90. The van der Waals surface area contributed by atoms with Crippen LogP contribution >= 0.6 is 0 Å². The Morgan fingerprint density at radius 3 is 2.24 bits per heavy atom. The van der Waals surface area contributed by atoms with Crippen molar-refractivity contribution in [2.24, 2.45) is 0 Å². The van der Waals surface area contributed by atoms with Crippen LogP contribution in [-0.2, 0) is 22.7 Å². The molecule has 3 aromatic rings. The van der Waals surface area contributed by atoms with Gasteiger partial charge in [-0.2, -0.15) is 0 Å². The Balaban J connectivity index is 1.43. The lowest BCUT2D eigenvalue weighted by atomic mass is 10.0. The fraction of sp³-hybridized carbons (Fsp3) is 0.280. The topological polar surface area (TPSA) is 102 Å². The maximum Gasteiger partial charge on any atom is 0.243 e. The monoisotopic (exact) mass is 457 g/mol. The molecule has 5 rings (SSSR count). The second-order valence-corrected chi connectivity index (χ2v) is 8.72. The van der Waals surface area contributed by atoms with Crippen molar-refractivity contribution >= 4 is 34.8 Å². The van der Waals surface area contributed by atoms with Gasteiger partial charge in [-0.25, -0.2) is 9.97 Å². The highest BCUT2D eigenvalue weighted by atomic mass is 16.2. The second-order valence-electron chi connectivity index (χ2n) is 8.72. The van der Waals surface area contributed by atoms with E-state index in [0.29, 0.717) is 37.7 Å². The molecule has 1 saturated heterocycles. The molecule has 6 bridgehead atoms. The minimum absolute atomic E-state index is 0.0303. The van der Waals surface area contributed by atoms with E-state index in [1.807, 2.05) is 66.5 Å². The van der Waals surface area contributed by atoms with Gasteiger partial charge in [-0.3, -0.25) is 14.5 Å². The molecular formula is C25H27N7O2. The molecule has 0 spiro atoms. The molecule has 1 atom stereocenters. The number of aromatic nitrogens is 2. The molecule has 9 heteroatoms. The predicted octanol–water partition coefficient (Wildman–Crippen LogP) is 2.63. The molecule has 3 N–H and O–H groups in total. The first-order chi connectivity index (χ1) is 16.5. The minimum atomic E-state index is -0.403. The molecule has 2 aliphatic rings. The first kappa shape index (κ1) is 21.8. The number of amides is 2. The number of benzene rings is 2. The van der Waals surface area contributed by atoms with Gasteiger partial charge in [0.05, 0.1) is 6.54 Å². The summed E-state index contributed by atoms with van der Waals surface area (Å²) in [5.41, 5.74) is 3.78. The molecule has 2 aliphatic heterocycles. The third-order valence-electron chi connectivity index (χ3n) is 6.03. The quantitative estimate of drug-likeness (QED) is 0.477. The van der Waals surface area contributed by atoms with Crippen molar-refractivity contribution in [2.75, 3.05) is 30.8 Å². The molecule has 9 nitrogen and oxygen atoms in total. The number of hydrogen-bond acceptors (Lipinski definition) is 7. The summed E-state index contributed by atoms with van der Waals surface area (Å²) in [7, 11) is 1.91. The molecule has 2 aromatic carbocycles. The molecule has 0 radical (unpaired) electrons. The number of nitrogens with zero attached hydrogens (tertiary/aromatic N) is 4. The van der Waals surface area contributed by atoms with E-state index < -0.39 is 6.04 Å². The van der Waals surface area contributed by atoms with E-state index in [1.54, 1.807) is 4.90 Å². The largest absolute Gasteiger partial charge is 0.350 e. The van der Waals surface area contributed by atoms with Gasteiger partial charge < -0.3 is 20.9 Å². The van der Waals surface area contributed by atoms with Crippen LogP contribution in [0.5, 0.6) is 0 Å². The van der Waals surface area contributed by atoms with Gasteiger partial charge in [-0.15, -0.1) is 0 Å². The van der Waals surface area contributed by atoms with E-state index in [0.717, 1.165) is 22.5 Å². The van der Waals surface area contributed by atoms with E-state index in [9.17, 15) is 9.59 Å². The van der Waals surface area contributed by atoms with Crippen LogP contribution in [0.1, 0.15) is 17.5 Å². The Labute approximate surface area is 198 Å². The van der Waals surface area contributed by atoms with E-state index in [1.165, 1.54) is 6.33 Å². The fourth-order valence-electron chi connectivity index (χ4n) is 4.25. The van der Waals surface area contributed by atoms with E-state index in [2.05, 4.69) is 25.9 Å². The van der Waals surface area contributed by atoms with Gasteiger partial charge in [-0.05, 0) is 48.9 Å². The lowest BCUT2D eigenvalue weighted by molar-refractivity contribution is -0.148. The lowest BCUT2D eigenvalue weighted by Gasteiger charge is -2.40. The zero-order chi connectivity index (χ0) is 23.5. The van der Waals surface area contributed by atoms with Crippen molar-refractivity contribution in [1.82, 2.24) is 25.1 Å². The summed E-state index contributed by atoms with van der Waals surface area (Å²) >= 11 is 0. The average Bonchev–Trinajstić information content (AvgIpc) is 2.77. The maximum absolute atomic E-state index is 12.8. The number of anilines is 4. The molecule has 0 saturated carbocycles. The summed E-state index contributed by atoms with van der Waals surface area (Å²) in [6.07, 6.45) is 2.20. The number of fused-ring (bicyclic) bond motifs is 7. The van der Waals surface area contributed by atoms with Crippen LogP contribution in [0, 0.1) is 0 Å². The summed E-state index contributed by atoms with van der Waals surface area (Å²) in [6, 6.07) is 17.2. The van der Waals surface area contributed by atoms with Crippen LogP contribution in [0.4, 0.5) is 23.0 Å². The normalized spacial score (nSPS) is 19.1. The zero-order valence-electron chi connectivity index (χ0n) is 19.0.